The lowest BCUT2D eigenvalue weighted by atomic mass is 10.1. The van der Waals surface area contributed by atoms with Gasteiger partial charge in [-0.3, -0.25) is 4.79 Å². The second kappa shape index (κ2) is 7.60. The number of rotatable bonds is 4. The van der Waals surface area contributed by atoms with Crippen molar-refractivity contribution in [2.24, 2.45) is 4.99 Å². The van der Waals surface area contributed by atoms with Crippen molar-refractivity contribution in [1.29, 1.82) is 0 Å². The van der Waals surface area contributed by atoms with E-state index in [9.17, 15) is 13.2 Å². The van der Waals surface area contributed by atoms with Crippen molar-refractivity contribution in [3.63, 3.8) is 0 Å². The predicted octanol–water partition coefficient (Wildman–Crippen LogP) is 2.54. The number of hydrogen-bond donors (Lipinski definition) is 0. The first kappa shape index (κ1) is 19.0. The zero-order valence-corrected chi connectivity index (χ0v) is 16.9. The summed E-state index contributed by atoms with van der Waals surface area (Å²) < 4.78 is 29.5. The van der Waals surface area contributed by atoms with Gasteiger partial charge >= 0.3 is 0 Å². The molecule has 28 heavy (non-hydrogen) atoms. The van der Waals surface area contributed by atoms with Crippen molar-refractivity contribution in [2.45, 2.75) is 17.7 Å². The van der Waals surface area contributed by atoms with Gasteiger partial charge in [0.15, 0.2) is 15.0 Å². The monoisotopic (exact) mass is 416 g/mol. The van der Waals surface area contributed by atoms with E-state index in [0.29, 0.717) is 10.9 Å². The highest BCUT2D eigenvalue weighted by molar-refractivity contribution is 8.16. The summed E-state index contributed by atoms with van der Waals surface area (Å²) in [5.41, 5.74) is 1.71. The average Bonchev–Trinajstić information content (AvgIpc) is 3.13. The van der Waals surface area contributed by atoms with Crippen LogP contribution in [0.4, 0.5) is 5.69 Å². The van der Waals surface area contributed by atoms with Gasteiger partial charge in [-0.1, -0.05) is 42.1 Å². The molecule has 0 radical (unpaired) electrons. The Morgan fingerprint density at radius 3 is 2.54 bits per heavy atom. The molecule has 0 aliphatic carbocycles. The van der Waals surface area contributed by atoms with Crippen molar-refractivity contribution in [3.05, 3.63) is 60.2 Å². The van der Waals surface area contributed by atoms with Crippen LogP contribution < -0.4 is 9.64 Å². The maximum atomic E-state index is 12.5. The van der Waals surface area contributed by atoms with Gasteiger partial charge in [0.25, 0.3) is 5.91 Å². The van der Waals surface area contributed by atoms with E-state index in [0.717, 1.165) is 11.3 Å². The van der Waals surface area contributed by atoms with Crippen LogP contribution >= 0.6 is 11.8 Å². The van der Waals surface area contributed by atoms with E-state index < -0.39 is 9.84 Å². The molecule has 0 spiro atoms. The summed E-state index contributed by atoms with van der Waals surface area (Å²) in [6.45, 7) is 0. The molecule has 146 valence electrons. The van der Waals surface area contributed by atoms with Crippen LogP contribution in [-0.2, 0) is 21.1 Å². The van der Waals surface area contributed by atoms with Crippen LogP contribution in [0.5, 0.6) is 5.75 Å². The summed E-state index contributed by atoms with van der Waals surface area (Å²) in [6, 6.07) is 16.6. The number of methoxy groups -OCH3 is 1. The quantitative estimate of drug-likeness (QED) is 0.762. The minimum atomic E-state index is -3.09. The molecule has 2 heterocycles. The van der Waals surface area contributed by atoms with Crippen LogP contribution in [0, 0.1) is 0 Å². The van der Waals surface area contributed by atoms with Gasteiger partial charge in [-0.05, 0) is 29.8 Å². The van der Waals surface area contributed by atoms with E-state index in [1.807, 2.05) is 59.5 Å². The molecular weight excluding hydrogens is 396 g/mol. The van der Waals surface area contributed by atoms with Gasteiger partial charge < -0.3 is 9.64 Å². The first-order chi connectivity index (χ1) is 13.4. The van der Waals surface area contributed by atoms with E-state index in [1.54, 1.807) is 7.11 Å². The molecule has 2 fully saturated rings. The van der Waals surface area contributed by atoms with Crippen LogP contribution in [0.25, 0.3) is 0 Å². The van der Waals surface area contributed by atoms with Crippen molar-refractivity contribution >= 4 is 38.4 Å². The first-order valence-electron chi connectivity index (χ1n) is 8.91. The Morgan fingerprint density at radius 1 is 1.14 bits per heavy atom. The van der Waals surface area contributed by atoms with Gasteiger partial charge in [0.2, 0.25) is 0 Å². The fourth-order valence-electron chi connectivity index (χ4n) is 3.53. The third-order valence-electron chi connectivity index (χ3n) is 4.84. The molecule has 2 saturated heterocycles. The maximum absolute atomic E-state index is 12.5. The number of hydrogen-bond acceptors (Lipinski definition) is 5. The molecule has 6 nitrogen and oxygen atoms in total. The average molecular weight is 417 g/mol. The lowest BCUT2D eigenvalue weighted by Gasteiger charge is -2.24. The Morgan fingerprint density at radius 2 is 1.86 bits per heavy atom. The summed E-state index contributed by atoms with van der Waals surface area (Å²) in [6.07, 6.45) is 0.217. The third kappa shape index (κ3) is 3.93. The zero-order valence-electron chi connectivity index (χ0n) is 15.3. The lowest BCUT2D eigenvalue weighted by molar-refractivity contribution is -0.117. The first-order valence-corrected chi connectivity index (χ1v) is 11.6. The molecule has 0 N–H and O–H groups in total. The molecule has 4 rings (SSSR count). The maximum Gasteiger partial charge on any atom is 0.252 e. The van der Waals surface area contributed by atoms with Gasteiger partial charge in [-0.15, -0.1) is 0 Å². The number of sulfone groups is 1. The Balaban J connectivity index is 1.64. The Hall–Kier alpha value is -2.32. The molecule has 0 aromatic heterocycles. The van der Waals surface area contributed by atoms with E-state index >= 15 is 0 Å². The van der Waals surface area contributed by atoms with Gasteiger partial charge in [0.1, 0.15) is 5.75 Å². The second-order valence-corrected chi connectivity index (χ2v) is 10.2. The molecule has 0 saturated carbocycles. The van der Waals surface area contributed by atoms with Gasteiger partial charge in [-0.2, -0.15) is 4.99 Å². The van der Waals surface area contributed by atoms with E-state index in [4.69, 9.17) is 4.74 Å². The van der Waals surface area contributed by atoms with E-state index in [-0.39, 0.29) is 35.1 Å². The predicted molar refractivity (Wildman–Crippen MR) is 112 cm³/mol. The summed E-state index contributed by atoms with van der Waals surface area (Å²) in [4.78, 5) is 18.8. The fourth-order valence-corrected chi connectivity index (χ4v) is 7.46. The number of aliphatic imine (C=N–C) groups is 1. The molecule has 0 bridgehead atoms. The Bertz CT molecular complexity index is 1000. The summed E-state index contributed by atoms with van der Waals surface area (Å²) in [5, 5.41) is 0.450. The third-order valence-corrected chi connectivity index (χ3v) is 8.05. The number of amides is 1. The number of benzene rings is 2. The van der Waals surface area contributed by atoms with Gasteiger partial charge in [-0.25, -0.2) is 8.42 Å². The molecule has 2 atom stereocenters. The van der Waals surface area contributed by atoms with Crippen LogP contribution in [0.15, 0.2) is 59.6 Å². The minimum absolute atomic E-state index is 0.0720. The highest BCUT2D eigenvalue weighted by atomic mass is 32.2. The molecule has 8 heteroatoms. The number of anilines is 1. The number of ether oxygens (including phenoxy) is 1. The number of thioether (sulfide) groups is 1. The van der Waals surface area contributed by atoms with Crippen LogP contribution in [0.1, 0.15) is 5.56 Å². The molecule has 2 aromatic carbocycles. The number of nitrogens with zero attached hydrogens (tertiary/aromatic N) is 2. The Labute approximate surface area is 168 Å². The van der Waals surface area contributed by atoms with Crippen molar-refractivity contribution in [1.82, 2.24) is 0 Å². The molecule has 2 aliphatic rings. The zero-order chi connectivity index (χ0) is 19.7. The Kier molecular flexibility index (Phi) is 5.16. The molecule has 1 amide bonds. The second-order valence-electron chi connectivity index (χ2n) is 6.82. The van der Waals surface area contributed by atoms with Gasteiger partial charge in [0.05, 0.1) is 31.1 Å². The van der Waals surface area contributed by atoms with Crippen molar-refractivity contribution in [3.8, 4) is 5.75 Å². The fraction of sp³-hybridized carbons (Fsp3) is 0.300. The van der Waals surface area contributed by atoms with Crippen LogP contribution in [0.2, 0.25) is 0 Å². The van der Waals surface area contributed by atoms with Crippen molar-refractivity contribution in [2.75, 3.05) is 23.5 Å². The number of fused-ring (bicyclic) bond motifs is 1. The number of amidine groups is 1. The molecule has 2 aliphatic heterocycles. The molecular formula is C20H20N2O4S2. The molecule has 0 unspecified atom stereocenters. The van der Waals surface area contributed by atoms with Crippen molar-refractivity contribution < 1.29 is 17.9 Å². The smallest absolute Gasteiger partial charge is 0.252 e. The highest BCUT2D eigenvalue weighted by Crippen LogP contribution is 2.41. The number of carbonyl (C=O) groups is 1. The topological polar surface area (TPSA) is 76.0 Å². The minimum Gasteiger partial charge on any atom is -0.497 e. The normalized spacial score (nSPS) is 24.3. The lowest BCUT2D eigenvalue weighted by Crippen LogP contribution is -2.37. The summed E-state index contributed by atoms with van der Waals surface area (Å²) in [7, 11) is -1.49. The summed E-state index contributed by atoms with van der Waals surface area (Å²) in [5.74, 6) is 0.656. The van der Waals surface area contributed by atoms with E-state index in [1.165, 1.54) is 11.8 Å². The SMILES string of the molecule is COc1ccc(N2C(=NC(=O)Cc3ccccc3)S[C@H]3CS(=O)(=O)C[C@H]32)cc1. The summed E-state index contributed by atoms with van der Waals surface area (Å²) >= 11 is 1.38. The van der Waals surface area contributed by atoms with Crippen LogP contribution in [0.3, 0.4) is 0 Å². The molecule has 2 aromatic rings. The number of carbonyl (C=O) groups excluding carboxylic acids is 1. The van der Waals surface area contributed by atoms with E-state index in [2.05, 4.69) is 4.99 Å². The van der Waals surface area contributed by atoms with Gasteiger partial charge in [0, 0.05) is 10.9 Å². The highest BCUT2D eigenvalue weighted by Gasteiger charge is 2.49. The largest absolute Gasteiger partial charge is 0.497 e. The standard InChI is InChI=1S/C20H20N2O4S2/c1-26-16-9-7-15(8-10-16)22-17-12-28(24,25)13-18(17)27-20(22)21-19(23)11-14-5-3-2-4-6-14/h2-10,17-18H,11-13H2,1H3/t17-,18+/m1/s1. The van der Waals surface area contributed by atoms with Crippen LogP contribution in [-0.4, -0.2) is 49.4 Å².